The fourth-order valence-corrected chi connectivity index (χ4v) is 3.34. The van der Waals surface area contributed by atoms with Gasteiger partial charge in [-0.3, -0.25) is 0 Å². The summed E-state index contributed by atoms with van der Waals surface area (Å²) >= 11 is 5.79. The lowest BCUT2D eigenvalue weighted by Crippen LogP contribution is -2.59. The predicted molar refractivity (Wildman–Crippen MR) is 111 cm³/mol. The van der Waals surface area contributed by atoms with E-state index in [1.54, 1.807) is 42.5 Å². The Kier molecular flexibility index (Phi) is 8.39. The molecule has 168 valence electrons. The van der Waals surface area contributed by atoms with Gasteiger partial charge in [-0.1, -0.05) is 24.3 Å². The van der Waals surface area contributed by atoms with Gasteiger partial charge in [0.1, 0.15) is 30.2 Å². The highest BCUT2D eigenvalue weighted by atomic mass is 35.5. The van der Waals surface area contributed by atoms with Gasteiger partial charge < -0.3 is 34.6 Å². The van der Waals surface area contributed by atoms with Crippen molar-refractivity contribution in [2.75, 3.05) is 13.2 Å². The molecular formula is C22H25ClO8. The first-order valence-corrected chi connectivity index (χ1v) is 10.3. The van der Waals surface area contributed by atoms with E-state index in [1.807, 2.05) is 6.07 Å². The summed E-state index contributed by atoms with van der Waals surface area (Å²) < 4.78 is 16.1. The van der Waals surface area contributed by atoms with Crippen molar-refractivity contribution in [2.45, 2.75) is 43.0 Å². The summed E-state index contributed by atoms with van der Waals surface area (Å²) in [5.41, 5.74) is 2.12. The summed E-state index contributed by atoms with van der Waals surface area (Å²) in [5.74, 6) is 0.214. The number of ether oxygens (including phenoxy) is 3. The van der Waals surface area contributed by atoms with Crippen molar-refractivity contribution in [3.8, 4) is 5.75 Å². The summed E-state index contributed by atoms with van der Waals surface area (Å²) in [5, 5.41) is 38.7. The molecule has 4 N–H and O–H groups in total. The number of hydrogen-bond donors (Lipinski definition) is 4. The number of aliphatic hydroxyl groups is 4. The summed E-state index contributed by atoms with van der Waals surface area (Å²) in [6.45, 7) is -0.353. The minimum Gasteiger partial charge on any atom is -0.423 e. The zero-order valence-corrected chi connectivity index (χ0v) is 17.4. The Morgan fingerprint density at radius 1 is 1.00 bits per heavy atom. The first-order valence-electron chi connectivity index (χ1n) is 9.81. The average molecular weight is 453 g/mol. The van der Waals surface area contributed by atoms with Gasteiger partial charge >= 0.3 is 5.97 Å². The van der Waals surface area contributed by atoms with E-state index in [4.69, 9.17) is 25.8 Å². The van der Waals surface area contributed by atoms with Crippen LogP contribution in [0, 0.1) is 0 Å². The van der Waals surface area contributed by atoms with Crippen LogP contribution in [0.1, 0.15) is 21.5 Å². The van der Waals surface area contributed by atoms with Crippen LogP contribution in [-0.4, -0.2) is 70.3 Å². The van der Waals surface area contributed by atoms with Crippen molar-refractivity contribution in [2.24, 2.45) is 0 Å². The molecule has 3 rings (SSSR count). The van der Waals surface area contributed by atoms with Gasteiger partial charge in [0.2, 0.25) is 0 Å². The van der Waals surface area contributed by atoms with Crippen LogP contribution in [0.15, 0.2) is 48.5 Å². The second-order valence-electron chi connectivity index (χ2n) is 7.19. The van der Waals surface area contributed by atoms with Crippen LogP contribution >= 0.6 is 11.6 Å². The summed E-state index contributed by atoms with van der Waals surface area (Å²) in [6.07, 6.45) is -6.05. The molecule has 0 bridgehead atoms. The minimum atomic E-state index is -1.48. The topological polar surface area (TPSA) is 126 Å². The van der Waals surface area contributed by atoms with Gasteiger partial charge in [-0.15, -0.1) is 11.6 Å². The molecule has 0 aromatic heterocycles. The van der Waals surface area contributed by atoms with Crippen LogP contribution in [0.2, 0.25) is 0 Å². The Labute approximate surface area is 184 Å². The van der Waals surface area contributed by atoms with E-state index in [9.17, 15) is 25.2 Å². The lowest BCUT2D eigenvalue weighted by atomic mass is 9.99. The van der Waals surface area contributed by atoms with Crippen LogP contribution in [0.3, 0.4) is 0 Å². The second kappa shape index (κ2) is 11.0. The molecule has 0 spiro atoms. The van der Waals surface area contributed by atoms with E-state index >= 15 is 0 Å². The third kappa shape index (κ3) is 6.02. The standard InChI is InChI=1S/C22H25ClO8/c23-11-14-2-1-3-15(10-14)21(28)30-16-6-4-13(5-7-16)8-9-29-22-20(27)19(26)18(25)17(12-24)31-22/h1-7,10,17-20,22,24-27H,8-9,11-12H2/t17-,18-,19+,20-,22-/m1/s1. The molecule has 1 saturated heterocycles. The first-order chi connectivity index (χ1) is 14.9. The molecule has 5 atom stereocenters. The van der Waals surface area contributed by atoms with Gasteiger partial charge in [-0.05, 0) is 41.8 Å². The molecule has 0 amide bonds. The van der Waals surface area contributed by atoms with Gasteiger partial charge in [-0.25, -0.2) is 4.79 Å². The van der Waals surface area contributed by atoms with Crippen molar-refractivity contribution < 1.29 is 39.4 Å². The van der Waals surface area contributed by atoms with Crippen molar-refractivity contribution in [1.82, 2.24) is 0 Å². The van der Waals surface area contributed by atoms with Gasteiger partial charge in [0.15, 0.2) is 6.29 Å². The molecule has 2 aromatic rings. The highest BCUT2D eigenvalue weighted by molar-refractivity contribution is 6.17. The number of esters is 1. The maximum absolute atomic E-state index is 12.3. The van der Waals surface area contributed by atoms with Crippen molar-refractivity contribution in [3.05, 3.63) is 65.2 Å². The lowest BCUT2D eigenvalue weighted by molar-refractivity contribution is -0.300. The fourth-order valence-electron chi connectivity index (χ4n) is 3.17. The molecule has 1 aliphatic heterocycles. The van der Waals surface area contributed by atoms with Gasteiger partial charge in [0.25, 0.3) is 0 Å². The van der Waals surface area contributed by atoms with E-state index in [1.165, 1.54) is 0 Å². The Morgan fingerprint density at radius 3 is 2.42 bits per heavy atom. The second-order valence-corrected chi connectivity index (χ2v) is 7.45. The fraction of sp³-hybridized carbons (Fsp3) is 0.409. The van der Waals surface area contributed by atoms with Crippen molar-refractivity contribution >= 4 is 17.6 Å². The van der Waals surface area contributed by atoms with Gasteiger partial charge in [0.05, 0.1) is 18.8 Å². The van der Waals surface area contributed by atoms with E-state index < -0.39 is 43.3 Å². The molecule has 0 unspecified atom stereocenters. The maximum Gasteiger partial charge on any atom is 0.343 e. The molecule has 1 aliphatic rings. The van der Waals surface area contributed by atoms with Crippen LogP contribution in [0.5, 0.6) is 5.75 Å². The highest BCUT2D eigenvalue weighted by Crippen LogP contribution is 2.22. The number of carbonyl (C=O) groups excluding carboxylic acids is 1. The third-order valence-corrected chi connectivity index (χ3v) is 5.28. The Morgan fingerprint density at radius 2 is 1.74 bits per heavy atom. The average Bonchev–Trinajstić information content (AvgIpc) is 2.80. The monoisotopic (exact) mass is 452 g/mol. The Hall–Kier alpha value is -2.04. The molecule has 2 aromatic carbocycles. The van der Waals surface area contributed by atoms with Crippen LogP contribution in [-0.2, 0) is 21.8 Å². The van der Waals surface area contributed by atoms with Crippen LogP contribution < -0.4 is 4.74 Å². The minimum absolute atomic E-state index is 0.160. The largest absolute Gasteiger partial charge is 0.423 e. The maximum atomic E-state index is 12.3. The molecule has 9 heteroatoms. The number of benzene rings is 2. The molecule has 0 aliphatic carbocycles. The third-order valence-electron chi connectivity index (χ3n) is 4.97. The number of aliphatic hydroxyl groups excluding tert-OH is 4. The SMILES string of the molecule is O=C(Oc1ccc(CCO[C@@H]2O[C@H](CO)[C@@H](O)[C@H](O)[C@H]2O)cc1)c1cccc(CCl)c1. The van der Waals surface area contributed by atoms with Crippen LogP contribution in [0.25, 0.3) is 0 Å². The number of carbonyl (C=O) groups is 1. The molecule has 8 nitrogen and oxygen atoms in total. The number of rotatable bonds is 8. The molecule has 0 saturated carbocycles. The van der Waals surface area contributed by atoms with E-state index in [-0.39, 0.29) is 6.61 Å². The van der Waals surface area contributed by atoms with E-state index in [0.29, 0.717) is 23.6 Å². The molecule has 0 radical (unpaired) electrons. The smallest absolute Gasteiger partial charge is 0.343 e. The van der Waals surface area contributed by atoms with Crippen LogP contribution in [0.4, 0.5) is 0 Å². The summed E-state index contributed by atoms with van der Waals surface area (Å²) in [7, 11) is 0. The van der Waals surface area contributed by atoms with Crippen molar-refractivity contribution in [1.29, 1.82) is 0 Å². The normalized spacial score (nSPS) is 25.9. The number of hydrogen-bond acceptors (Lipinski definition) is 8. The summed E-state index contributed by atoms with van der Waals surface area (Å²) in [4.78, 5) is 12.3. The first kappa shape index (κ1) is 23.6. The Bertz CT molecular complexity index is 857. The number of halogens is 1. The van der Waals surface area contributed by atoms with E-state index in [2.05, 4.69) is 0 Å². The zero-order chi connectivity index (χ0) is 22.4. The molecule has 31 heavy (non-hydrogen) atoms. The Balaban J connectivity index is 1.50. The lowest BCUT2D eigenvalue weighted by Gasteiger charge is -2.39. The van der Waals surface area contributed by atoms with Gasteiger partial charge in [-0.2, -0.15) is 0 Å². The molecular weight excluding hydrogens is 428 g/mol. The molecule has 1 fully saturated rings. The summed E-state index contributed by atoms with van der Waals surface area (Å²) in [6, 6.07) is 13.8. The zero-order valence-electron chi connectivity index (χ0n) is 16.6. The predicted octanol–water partition coefficient (Wildman–Crippen LogP) is 1.00. The van der Waals surface area contributed by atoms with Crippen molar-refractivity contribution in [3.63, 3.8) is 0 Å². The molecule has 1 heterocycles. The highest BCUT2D eigenvalue weighted by Gasteiger charge is 2.43. The van der Waals surface area contributed by atoms with E-state index in [0.717, 1.165) is 11.1 Å². The van der Waals surface area contributed by atoms with Gasteiger partial charge in [0, 0.05) is 5.88 Å². The quantitative estimate of drug-likeness (QED) is 0.265. The number of alkyl halides is 1.